The Morgan fingerprint density at radius 2 is 1.94 bits per heavy atom. The lowest BCUT2D eigenvalue weighted by molar-refractivity contribution is -0.118. The molecular formula is C24H23N3O2S2. The molecule has 1 unspecified atom stereocenters. The first-order valence-corrected chi connectivity index (χ1v) is 12.2. The van der Waals surface area contributed by atoms with Crippen LogP contribution in [0.4, 0.5) is 5.82 Å². The lowest BCUT2D eigenvalue weighted by Crippen LogP contribution is -2.36. The normalized spacial score (nSPS) is 19.5. The van der Waals surface area contributed by atoms with Crippen LogP contribution in [-0.4, -0.2) is 15.8 Å². The second kappa shape index (κ2) is 7.80. The number of hydrogen-bond donors (Lipinski definition) is 2. The van der Waals surface area contributed by atoms with E-state index in [2.05, 4.69) is 36.3 Å². The molecule has 5 nitrogen and oxygen atoms in total. The molecule has 5 rings (SSSR count). The third-order valence-electron chi connectivity index (χ3n) is 5.75. The molecule has 0 bridgehead atoms. The minimum absolute atomic E-state index is 0.115. The first-order valence-electron chi connectivity index (χ1n) is 10.3. The Hall–Kier alpha value is -2.64. The number of ketones is 1. The van der Waals surface area contributed by atoms with E-state index in [1.807, 2.05) is 35.7 Å². The van der Waals surface area contributed by atoms with Crippen LogP contribution >= 0.6 is 23.1 Å². The number of carbonyl (C=O) groups excluding carboxylic acids is 1. The van der Waals surface area contributed by atoms with Crippen molar-refractivity contribution in [3.8, 4) is 0 Å². The van der Waals surface area contributed by atoms with Gasteiger partial charge in [0.15, 0.2) is 10.9 Å². The molecule has 3 aromatic rings. The highest BCUT2D eigenvalue weighted by Gasteiger charge is 2.42. The number of carbonyl (C=O) groups is 1. The van der Waals surface area contributed by atoms with E-state index in [4.69, 9.17) is 4.98 Å². The fraction of sp³-hybridized carbons (Fsp3) is 0.292. The van der Waals surface area contributed by atoms with Gasteiger partial charge in [-0.25, -0.2) is 4.98 Å². The number of thioether (sulfide) groups is 1. The van der Waals surface area contributed by atoms with E-state index >= 15 is 0 Å². The number of aromatic amines is 1. The number of rotatable bonds is 4. The number of allylic oxidation sites excluding steroid dienone is 2. The molecule has 7 heteroatoms. The molecule has 1 aromatic carbocycles. The summed E-state index contributed by atoms with van der Waals surface area (Å²) in [7, 11) is 0. The average molecular weight is 450 g/mol. The van der Waals surface area contributed by atoms with Crippen molar-refractivity contribution in [2.45, 2.75) is 43.5 Å². The second-order valence-electron chi connectivity index (χ2n) is 8.81. The van der Waals surface area contributed by atoms with Crippen LogP contribution in [0.1, 0.15) is 48.6 Å². The summed E-state index contributed by atoms with van der Waals surface area (Å²) in [5, 5.41) is 5.94. The largest absolute Gasteiger partial charge is 0.343 e. The number of anilines is 1. The molecule has 1 atom stereocenters. The quantitative estimate of drug-likeness (QED) is 0.416. The molecule has 1 aliphatic heterocycles. The molecule has 31 heavy (non-hydrogen) atoms. The molecule has 0 saturated heterocycles. The Morgan fingerprint density at radius 3 is 2.68 bits per heavy atom. The zero-order valence-corrected chi connectivity index (χ0v) is 19.0. The van der Waals surface area contributed by atoms with Gasteiger partial charge in [0, 0.05) is 28.3 Å². The van der Waals surface area contributed by atoms with Crippen LogP contribution in [0.3, 0.4) is 0 Å². The summed E-state index contributed by atoms with van der Waals surface area (Å²) in [5.41, 5.74) is 3.04. The molecule has 2 N–H and O–H groups in total. The monoisotopic (exact) mass is 449 g/mol. The zero-order chi connectivity index (χ0) is 21.6. The van der Waals surface area contributed by atoms with E-state index < -0.39 is 0 Å². The number of hydrogen-bond acceptors (Lipinski definition) is 6. The first-order chi connectivity index (χ1) is 14.9. The first kappa shape index (κ1) is 20.3. The third kappa shape index (κ3) is 3.88. The summed E-state index contributed by atoms with van der Waals surface area (Å²) in [6, 6.07) is 14.1. The van der Waals surface area contributed by atoms with Crippen molar-refractivity contribution in [2.24, 2.45) is 5.41 Å². The number of nitrogens with zero attached hydrogens (tertiary/aromatic N) is 1. The number of Topliss-reactive ketones (excluding diaryl/α,β-unsaturated/α-hetero) is 1. The van der Waals surface area contributed by atoms with Crippen molar-refractivity contribution in [1.82, 2.24) is 9.97 Å². The van der Waals surface area contributed by atoms with E-state index in [0.717, 1.165) is 28.3 Å². The minimum atomic E-state index is -0.362. The SMILES string of the molecule is CC1(C)CC(=O)C2=C(C1)Nc1nc(SCc3ccccc3)[nH]c(=O)c1C2c1cccs1. The van der Waals surface area contributed by atoms with E-state index in [-0.39, 0.29) is 22.7 Å². The predicted octanol–water partition coefficient (Wildman–Crippen LogP) is 5.32. The molecule has 158 valence electrons. The summed E-state index contributed by atoms with van der Waals surface area (Å²) in [5.74, 6) is 1.04. The minimum Gasteiger partial charge on any atom is -0.343 e. The highest BCUT2D eigenvalue weighted by atomic mass is 32.2. The van der Waals surface area contributed by atoms with Gasteiger partial charge in [-0.1, -0.05) is 62.0 Å². The number of benzene rings is 1. The molecule has 0 amide bonds. The van der Waals surface area contributed by atoms with E-state index in [1.165, 1.54) is 17.3 Å². The Labute approximate surface area is 189 Å². The molecule has 0 radical (unpaired) electrons. The van der Waals surface area contributed by atoms with Crippen molar-refractivity contribution in [3.63, 3.8) is 0 Å². The van der Waals surface area contributed by atoms with Gasteiger partial charge in [0.05, 0.1) is 11.5 Å². The fourth-order valence-electron chi connectivity index (χ4n) is 4.43. The summed E-state index contributed by atoms with van der Waals surface area (Å²) in [6.45, 7) is 4.22. The Kier molecular flexibility index (Phi) is 5.10. The molecule has 2 aliphatic rings. The van der Waals surface area contributed by atoms with Crippen molar-refractivity contribution in [2.75, 3.05) is 5.32 Å². The average Bonchev–Trinajstić information content (AvgIpc) is 3.25. The maximum absolute atomic E-state index is 13.2. The van der Waals surface area contributed by atoms with E-state index in [0.29, 0.717) is 23.0 Å². The van der Waals surface area contributed by atoms with E-state index in [9.17, 15) is 9.59 Å². The van der Waals surface area contributed by atoms with Crippen LogP contribution in [-0.2, 0) is 10.5 Å². The van der Waals surface area contributed by atoms with Gasteiger partial charge in [0.1, 0.15) is 5.82 Å². The van der Waals surface area contributed by atoms with Gasteiger partial charge in [0.25, 0.3) is 5.56 Å². The topological polar surface area (TPSA) is 74.8 Å². The third-order valence-corrected chi connectivity index (χ3v) is 7.63. The molecule has 1 aliphatic carbocycles. The number of thiophene rings is 1. The van der Waals surface area contributed by atoms with Crippen molar-refractivity contribution in [1.29, 1.82) is 0 Å². The number of H-pyrrole nitrogens is 1. The summed E-state index contributed by atoms with van der Waals surface area (Å²) in [4.78, 5) is 35.1. The van der Waals surface area contributed by atoms with Gasteiger partial charge in [-0.05, 0) is 28.8 Å². The van der Waals surface area contributed by atoms with Crippen LogP contribution in [0.25, 0.3) is 0 Å². The van der Waals surface area contributed by atoms with Gasteiger partial charge >= 0.3 is 0 Å². The molecule has 0 fully saturated rings. The predicted molar refractivity (Wildman–Crippen MR) is 126 cm³/mol. The van der Waals surface area contributed by atoms with Crippen molar-refractivity contribution < 1.29 is 4.79 Å². The summed E-state index contributed by atoms with van der Waals surface area (Å²) < 4.78 is 0. The highest BCUT2D eigenvalue weighted by Crippen LogP contribution is 2.48. The highest BCUT2D eigenvalue weighted by molar-refractivity contribution is 7.98. The maximum Gasteiger partial charge on any atom is 0.257 e. The molecule has 0 saturated carbocycles. The fourth-order valence-corrected chi connectivity index (χ4v) is 6.09. The van der Waals surface area contributed by atoms with Gasteiger partial charge in [-0.3, -0.25) is 9.59 Å². The number of nitrogens with one attached hydrogen (secondary N) is 2. The smallest absolute Gasteiger partial charge is 0.257 e. The van der Waals surface area contributed by atoms with Crippen LogP contribution < -0.4 is 10.9 Å². The molecule has 0 spiro atoms. The van der Waals surface area contributed by atoms with Gasteiger partial charge in [0.2, 0.25) is 0 Å². The Bertz CT molecular complexity index is 1230. The van der Waals surface area contributed by atoms with Crippen molar-refractivity contribution in [3.05, 3.63) is 85.5 Å². The number of aromatic nitrogens is 2. The molecular weight excluding hydrogens is 426 g/mol. The molecule has 3 heterocycles. The summed E-state index contributed by atoms with van der Waals surface area (Å²) in [6.07, 6.45) is 1.25. The Morgan fingerprint density at radius 1 is 1.13 bits per heavy atom. The number of fused-ring (bicyclic) bond motifs is 1. The Balaban J connectivity index is 1.57. The lowest BCUT2D eigenvalue weighted by Gasteiger charge is -2.38. The molecule has 2 aromatic heterocycles. The van der Waals surface area contributed by atoms with Crippen LogP contribution in [0.15, 0.2) is 69.1 Å². The van der Waals surface area contributed by atoms with Gasteiger partial charge < -0.3 is 10.3 Å². The van der Waals surface area contributed by atoms with Gasteiger partial charge in [-0.2, -0.15) is 0 Å². The second-order valence-corrected chi connectivity index (χ2v) is 10.8. The van der Waals surface area contributed by atoms with Crippen LogP contribution in [0.5, 0.6) is 0 Å². The van der Waals surface area contributed by atoms with E-state index in [1.54, 1.807) is 11.3 Å². The summed E-state index contributed by atoms with van der Waals surface area (Å²) >= 11 is 3.07. The standard InChI is InChI=1S/C24H23N3O2S2/c1-24(2)11-15-18(16(28)12-24)19(17-9-6-10-30-17)20-21(25-15)26-23(27-22(20)29)31-13-14-7-4-3-5-8-14/h3-10,19H,11-13H2,1-2H3,(H2,25,26,27,29). The van der Waals surface area contributed by atoms with Crippen molar-refractivity contribution >= 4 is 34.7 Å². The van der Waals surface area contributed by atoms with Crippen LogP contribution in [0, 0.1) is 5.41 Å². The van der Waals surface area contributed by atoms with Crippen LogP contribution in [0.2, 0.25) is 0 Å². The lowest BCUT2D eigenvalue weighted by atomic mass is 9.70. The zero-order valence-electron chi connectivity index (χ0n) is 17.4. The van der Waals surface area contributed by atoms with Gasteiger partial charge in [-0.15, -0.1) is 11.3 Å². The maximum atomic E-state index is 13.2.